The van der Waals surface area contributed by atoms with Gasteiger partial charge in [0.1, 0.15) is 0 Å². The molecule has 0 radical (unpaired) electrons. The van der Waals surface area contributed by atoms with E-state index in [0.717, 1.165) is 24.5 Å². The Morgan fingerprint density at radius 1 is 1.27 bits per heavy atom. The van der Waals surface area contributed by atoms with E-state index < -0.39 is 0 Å². The van der Waals surface area contributed by atoms with E-state index in [-0.39, 0.29) is 18.2 Å². The molecule has 1 aromatic carbocycles. The predicted octanol–water partition coefficient (Wildman–Crippen LogP) is 2.07. The maximum atomic E-state index is 11.7. The van der Waals surface area contributed by atoms with E-state index in [1.54, 1.807) is 7.11 Å². The molecule has 0 aromatic heterocycles. The second kappa shape index (κ2) is 8.00. The summed E-state index contributed by atoms with van der Waals surface area (Å²) in [6.07, 6.45) is 0.459. The minimum Gasteiger partial charge on any atom is -0.383 e. The van der Waals surface area contributed by atoms with Gasteiger partial charge in [-0.3, -0.25) is 0 Å². The Bertz CT molecular complexity index is 468. The summed E-state index contributed by atoms with van der Waals surface area (Å²) < 4.78 is 10.6. The van der Waals surface area contributed by atoms with Crippen LogP contribution in [-0.4, -0.2) is 51.6 Å². The molecule has 2 atom stereocenters. The Morgan fingerprint density at radius 2 is 1.91 bits per heavy atom. The number of methoxy groups -OCH3 is 1. The van der Waals surface area contributed by atoms with Crippen LogP contribution in [0.15, 0.2) is 24.3 Å². The molecule has 0 spiro atoms. The van der Waals surface area contributed by atoms with Crippen molar-refractivity contribution in [3.63, 3.8) is 0 Å². The first-order valence-corrected chi connectivity index (χ1v) is 7.62. The van der Waals surface area contributed by atoms with Crippen molar-refractivity contribution in [3.8, 4) is 0 Å². The lowest BCUT2D eigenvalue weighted by Gasteiger charge is -2.36. The lowest BCUT2D eigenvalue weighted by Crippen LogP contribution is -2.45. The van der Waals surface area contributed by atoms with Crippen molar-refractivity contribution in [3.05, 3.63) is 24.3 Å². The van der Waals surface area contributed by atoms with Crippen LogP contribution in [0.5, 0.6) is 0 Å². The van der Waals surface area contributed by atoms with Crippen molar-refractivity contribution in [1.29, 1.82) is 0 Å². The third-order valence-electron chi connectivity index (χ3n) is 3.50. The molecule has 22 heavy (non-hydrogen) atoms. The summed E-state index contributed by atoms with van der Waals surface area (Å²) in [6, 6.07) is 7.65. The first-order valence-electron chi connectivity index (χ1n) is 7.62. The lowest BCUT2D eigenvalue weighted by atomic mass is 10.2. The van der Waals surface area contributed by atoms with E-state index in [2.05, 4.69) is 29.4 Å². The number of nitrogens with zero attached hydrogens (tertiary/aromatic N) is 1. The van der Waals surface area contributed by atoms with Crippen LogP contribution in [0.25, 0.3) is 0 Å². The summed E-state index contributed by atoms with van der Waals surface area (Å²) in [5.41, 5.74) is 1.92. The van der Waals surface area contributed by atoms with Gasteiger partial charge in [0.15, 0.2) is 0 Å². The normalized spacial score (nSPS) is 21.5. The number of anilines is 2. The molecule has 0 saturated carbocycles. The van der Waals surface area contributed by atoms with Gasteiger partial charge in [0, 0.05) is 38.1 Å². The molecule has 2 amide bonds. The highest BCUT2D eigenvalue weighted by atomic mass is 16.5. The van der Waals surface area contributed by atoms with Crippen molar-refractivity contribution in [2.45, 2.75) is 26.1 Å². The molecule has 122 valence electrons. The average molecular weight is 307 g/mol. The van der Waals surface area contributed by atoms with Gasteiger partial charge in [-0.1, -0.05) is 0 Å². The molecular formula is C16H25N3O3. The van der Waals surface area contributed by atoms with Gasteiger partial charge in [-0.2, -0.15) is 0 Å². The van der Waals surface area contributed by atoms with E-state index >= 15 is 0 Å². The van der Waals surface area contributed by atoms with Gasteiger partial charge in [0.25, 0.3) is 0 Å². The Hall–Kier alpha value is -1.79. The van der Waals surface area contributed by atoms with Gasteiger partial charge < -0.3 is 25.0 Å². The van der Waals surface area contributed by atoms with Crippen molar-refractivity contribution in [1.82, 2.24) is 5.32 Å². The maximum Gasteiger partial charge on any atom is 0.319 e. The lowest BCUT2D eigenvalue weighted by molar-refractivity contribution is -0.00521. The van der Waals surface area contributed by atoms with E-state index in [1.165, 1.54) is 0 Å². The third-order valence-corrected chi connectivity index (χ3v) is 3.50. The van der Waals surface area contributed by atoms with Gasteiger partial charge >= 0.3 is 6.03 Å². The molecule has 1 heterocycles. The van der Waals surface area contributed by atoms with Crippen LogP contribution in [0.2, 0.25) is 0 Å². The van der Waals surface area contributed by atoms with Gasteiger partial charge in [-0.15, -0.1) is 0 Å². The number of amides is 2. The Morgan fingerprint density at radius 3 is 2.50 bits per heavy atom. The standard InChI is InChI=1S/C16H25N3O3/c1-12-10-19(11-13(2)22-12)15-6-4-14(5-7-15)18-16(20)17-8-9-21-3/h4-7,12-13H,8-11H2,1-3H3,(H2,17,18,20)/t12-,13-/m0/s1. The molecule has 0 aliphatic carbocycles. The SMILES string of the molecule is COCCNC(=O)Nc1ccc(N2C[C@H](C)O[C@@H](C)C2)cc1. The fourth-order valence-corrected chi connectivity index (χ4v) is 2.59. The summed E-state index contributed by atoms with van der Waals surface area (Å²) in [6.45, 7) is 6.93. The van der Waals surface area contributed by atoms with Crippen LogP contribution in [0.4, 0.5) is 16.2 Å². The molecule has 2 N–H and O–H groups in total. The highest BCUT2D eigenvalue weighted by Gasteiger charge is 2.22. The topological polar surface area (TPSA) is 62.8 Å². The minimum absolute atomic E-state index is 0.224. The largest absolute Gasteiger partial charge is 0.383 e. The molecular weight excluding hydrogens is 282 g/mol. The molecule has 2 rings (SSSR count). The summed E-state index contributed by atoms with van der Waals surface area (Å²) in [4.78, 5) is 14.0. The van der Waals surface area contributed by atoms with Gasteiger partial charge in [-0.25, -0.2) is 4.79 Å². The predicted molar refractivity (Wildman–Crippen MR) is 87.6 cm³/mol. The first-order chi connectivity index (χ1) is 10.6. The average Bonchev–Trinajstić information content (AvgIpc) is 2.47. The van der Waals surface area contributed by atoms with E-state index in [0.29, 0.717) is 13.2 Å². The van der Waals surface area contributed by atoms with Crippen molar-refractivity contribution in [2.24, 2.45) is 0 Å². The zero-order valence-electron chi connectivity index (χ0n) is 13.5. The Kier molecular flexibility index (Phi) is 6.03. The molecule has 6 heteroatoms. The van der Waals surface area contributed by atoms with Crippen LogP contribution >= 0.6 is 0 Å². The molecule has 1 fully saturated rings. The quantitative estimate of drug-likeness (QED) is 0.818. The van der Waals surface area contributed by atoms with Gasteiger partial charge in [0.05, 0.1) is 18.8 Å². The second-order valence-electron chi connectivity index (χ2n) is 5.58. The number of carbonyl (C=O) groups excluding carboxylic acids is 1. The minimum atomic E-state index is -0.224. The monoisotopic (exact) mass is 307 g/mol. The smallest absolute Gasteiger partial charge is 0.319 e. The summed E-state index contributed by atoms with van der Waals surface area (Å²) in [7, 11) is 1.60. The summed E-state index contributed by atoms with van der Waals surface area (Å²) in [5, 5.41) is 5.52. The number of morpholine rings is 1. The molecule has 1 aliphatic heterocycles. The summed E-state index contributed by atoms with van der Waals surface area (Å²) >= 11 is 0. The van der Waals surface area contributed by atoms with Crippen LogP contribution in [0, 0.1) is 0 Å². The number of hydrogen-bond donors (Lipinski definition) is 2. The number of benzene rings is 1. The van der Waals surface area contributed by atoms with Crippen LogP contribution < -0.4 is 15.5 Å². The van der Waals surface area contributed by atoms with E-state index in [4.69, 9.17) is 9.47 Å². The van der Waals surface area contributed by atoms with E-state index in [9.17, 15) is 4.79 Å². The fourth-order valence-electron chi connectivity index (χ4n) is 2.59. The van der Waals surface area contributed by atoms with Crippen molar-refractivity contribution >= 4 is 17.4 Å². The molecule has 6 nitrogen and oxygen atoms in total. The molecule has 0 unspecified atom stereocenters. The number of carbonyl (C=O) groups is 1. The molecule has 1 aromatic rings. The van der Waals surface area contributed by atoms with Crippen LogP contribution in [-0.2, 0) is 9.47 Å². The Balaban J connectivity index is 1.88. The van der Waals surface area contributed by atoms with Gasteiger partial charge in [0.2, 0.25) is 0 Å². The number of ether oxygens (including phenoxy) is 2. The second-order valence-corrected chi connectivity index (χ2v) is 5.58. The Labute approximate surface area is 131 Å². The number of urea groups is 1. The molecule has 1 aliphatic rings. The third kappa shape index (κ3) is 4.89. The van der Waals surface area contributed by atoms with Crippen LogP contribution in [0.1, 0.15) is 13.8 Å². The number of hydrogen-bond acceptors (Lipinski definition) is 4. The molecule has 1 saturated heterocycles. The zero-order chi connectivity index (χ0) is 15.9. The van der Waals surface area contributed by atoms with E-state index in [1.807, 2.05) is 24.3 Å². The maximum absolute atomic E-state index is 11.7. The van der Waals surface area contributed by atoms with Crippen molar-refractivity contribution < 1.29 is 14.3 Å². The highest BCUT2D eigenvalue weighted by Crippen LogP contribution is 2.22. The highest BCUT2D eigenvalue weighted by molar-refractivity contribution is 5.89. The fraction of sp³-hybridized carbons (Fsp3) is 0.562. The van der Waals surface area contributed by atoms with Gasteiger partial charge in [-0.05, 0) is 38.1 Å². The summed E-state index contributed by atoms with van der Waals surface area (Å²) in [5.74, 6) is 0. The first kappa shape index (κ1) is 16.6. The number of nitrogens with one attached hydrogen (secondary N) is 2. The van der Waals surface area contributed by atoms with Crippen LogP contribution in [0.3, 0.4) is 0 Å². The zero-order valence-corrected chi connectivity index (χ0v) is 13.5. The molecule has 0 bridgehead atoms. The number of rotatable bonds is 5. The van der Waals surface area contributed by atoms with Crippen molar-refractivity contribution in [2.75, 3.05) is 43.6 Å².